The van der Waals surface area contributed by atoms with Crippen LogP contribution >= 0.6 is 11.6 Å². The molecule has 142 valence electrons. The number of esters is 1. The smallest absolute Gasteiger partial charge is 0.338 e. The number of para-hydroxylation sites is 1. The van der Waals surface area contributed by atoms with E-state index >= 15 is 0 Å². The molecule has 0 bridgehead atoms. The average Bonchev–Trinajstić information content (AvgIpc) is 2.63. The molecule has 7 heteroatoms. The first kappa shape index (κ1) is 20.5. The van der Waals surface area contributed by atoms with Crippen molar-refractivity contribution in [2.24, 2.45) is 0 Å². The molecule has 27 heavy (non-hydrogen) atoms. The molecule has 0 unspecified atom stereocenters. The normalized spacial score (nSPS) is 10.2. The molecule has 0 aromatic heterocycles. The van der Waals surface area contributed by atoms with Crippen molar-refractivity contribution >= 4 is 35.1 Å². The van der Waals surface area contributed by atoms with Crippen LogP contribution in [0.25, 0.3) is 0 Å². The first-order valence-corrected chi connectivity index (χ1v) is 8.69. The summed E-state index contributed by atoms with van der Waals surface area (Å²) in [5.41, 5.74) is 2.65. The van der Waals surface area contributed by atoms with Crippen LogP contribution < -0.4 is 5.32 Å². The van der Waals surface area contributed by atoms with Crippen molar-refractivity contribution in [3.05, 3.63) is 64.2 Å². The third kappa shape index (κ3) is 5.56. The summed E-state index contributed by atoms with van der Waals surface area (Å²) in [5.74, 6) is -1.46. The number of halogens is 1. The molecule has 6 nitrogen and oxygen atoms in total. The predicted octanol–water partition coefficient (Wildman–Crippen LogP) is 3.21. The van der Waals surface area contributed by atoms with Gasteiger partial charge in [0.25, 0.3) is 5.91 Å². The number of nitrogens with one attached hydrogen (secondary N) is 1. The van der Waals surface area contributed by atoms with Gasteiger partial charge in [-0.15, -0.1) is 0 Å². The van der Waals surface area contributed by atoms with Crippen molar-refractivity contribution in [3.8, 4) is 0 Å². The van der Waals surface area contributed by atoms with Crippen LogP contribution in [0.2, 0.25) is 5.02 Å². The molecular formula is C20H21ClN2O4. The minimum atomic E-state index is -0.571. The topological polar surface area (TPSA) is 75.7 Å². The van der Waals surface area contributed by atoms with E-state index in [1.54, 1.807) is 36.4 Å². The standard InChI is InChI=1S/C20H21ClN2O4/c1-13-7-6-8-15(14(13)2)20(26)27-12-19(25)23(3)11-18(24)22-17-10-5-4-9-16(17)21/h4-10H,11-12H2,1-3H3,(H,22,24). The molecule has 0 atom stereocenters. The zero-order valence-electron chi connectivity index (χ0n) is 15.4. The summed E-state index contributed by atoms with van der Waals surface area (Å²) in [4.78, 5) is 37.5. The minimum absolute atomic E-state index is 0.189. The van der Waals surface area contributed by atoms with E-state index in [1.165, 1.54) is 11.9 Å². The number of hydrogen-bond acceptors (Lipinski definition) is 4. The van der Waals surface area contributed by atoms with E-state index in [1.807, 2.05) is 19.9 Å². The van der Waals surface area contributed by atoms with Gasteiger partial charge >= 0.3 is 5.97 Å². The fraction of sp³-hybridized carbons (Fsp3) is 0.250. The van der Waals surface area contributed by atoms with Gasteiger partial charge in [-0.2, -0.15) is 0 Å². The van der Waals surface area contributed by atoms with Crippen molar-refractivity contribution < 1.29 is 19.1 Å². The number of benzene rings is 2. The Morgan fingerprint density at radius 3 is 2.48 bits per heavy atom. The Morgan fingerprint density at radius 1 is 1.07 bits per heavy atom. The number of nitrogens with zero attached hydrogens (tertiary/aromatic N) is 1. The van der Waals surface area contributed by atoms with E-state index in [-0.39, 0.29) is 6.54 Å². The first-order chi connectivity index (χ1) is 12.8. The second kappa shape index (κ2) is 9.19. The molecular weight excluding hydrogens is 368 g/mol. The first-order valence-electron chi connectivity index (χ1n) is 8.31. The molecule has 2 aromatic rings. The van der Waals surface area contributed by atoms with Crippen LogP contribution in [0.4, 0.5) is 5.69 Å². The number of amides is 2. The van der Waals surface area contributed by atoms with E-state index in [4.69, 9.17) is 16.3 Å². The highest BCUT2D eigenvalue weighted by Gasteiger charge is 2.17. The van der Waals surface area contributed by atoms with E-state index in [0.717, 1.165) is 11.1 Å². The number of hydrogen-bond donors (Lipinski definition) is 1. The predicted molar refractivity (Wildman–Crippen MR) is 104 cm³/mol. The fourth-order valence-electron chi connectivity index (χ4n) is 2.34. The van der Waals surface area contributed by atoms with Gasteiger partial charge in [0.05, 0.1) is 22.8 Å². The largest absolute Gasteiger partial charge is 0.452 e. The maximum absolute atomic E-state index is 12.2. The van der Waals surface area contributed by atoms with E-state index in [9.17, 15) is 14.4 Å². The Hall–Kier alpha value is -2.86. The fourth-order valence-corrected chi connectivity index (χ4v) is 2.53. The number of anilines is 1. The van der Waals surface area contributed by atoms with Gasteiger partial charge in [-0.05, 0) is 43.2 Å². The molecule has 0 saturated carbocycles. The SMILES string of the molecule is Cc1cccc(C(=O)OCC(=O)N(C)CC(=O)Nc2ccccc2Cl)c1C. The molecule has 1 N–H and O–H groups in total. The lowest BCUT2D eigenvalue weighted by Crippen LogP contribution is -2.37. The number of carbonyl (C=O) groups excluding carboxylic acids is 3. The van der Waals surface area contributed by atoms with Crippen LogP contribution in [0.5, 0.6) is 0 Å². The van der Waals surface area contributed by atoms with Gasteiger partial charge < -0.3 is 15.0 Å². The maximum Gasteiger partial charge on any atom is 0.338 e. The Balaban J connectivity index is 1.86. The Bertz CT molecular complexity index is 867. The summed E-state index contributed by atoms with van der Waals surface area (Å²) < 4.78 is 5.08. The highest BCUT2D eigenvalue weighted by atomic mass is 35.5. The van der Waals surface area contributed by atoms with Gasteiger partial charge in [0.15, 0.2) is 6.61 Å². The summed E-state index contributed by atoms with van der Waals surface area (Å²) in [6.45, 7) is 3.08. The van der Waals surface area contributed by atoms with Crippen LogP contribution in [-0.2, 0) is 14.3 Å². The molecule has 2 aromatic carbocycles. The van der Waals surface area contributed by atoms with Gasteiger partial charge in [-0.1, -0.05) is 35.9 Å². The van der Waals surface area contributed by atoms with Crippen LogP contribution in [-0.4, -0.2) is 42.9 Å². The summed E-state index contributed by atoms with van der Waals surface area (Å²) in [5, 5.41) is 3.03. The number of aryl methyl sites for hydroxylation is 1. The Labute approximate surface area is 163 Å². The molecule has 2 amide bonds. The maximum atomic E-state index is 12.2. The number of rotatable bonds is 6. The number of likely N-dealkylation sites (N-methyl/N-ethyl adjacent to an activating group) is 1. The molecule has 0 heterocycles. The van der Waals surface area contributed by atoms with Gasteiger partial charge in [0, 0.05) is 7.05 Å². The molecule has 0 saturated heterocycles. The summed E-state index contributed by atoms with van der Waals surface area (Å²) >= 11 is 5.98. The lowest BCUT2D eigenvalue weighted by Gasteiger charge is -2.17. The van der Waals surface area contributed by atoms with Crippen LogP contribution in [0, 0.1) is 13.8 Å². The quantitative estimate of drug-likeness (QED) is 0.771. The summed E-state index contributed by atoms with van der Waals surface area (Å²) in [7, 11) is 1.46. The monoisotopic (exact) mass is 388 g/mol. The third-order valence-corrected chi connectivity index (χ3v) is 4.44. The lowest BCUT2D eigenvalue weighted by molar-refractivity contribution is -0.136. The summed E-state index contributed by atoms with van der Waals surface area (Å²) in [6.07, 6.45) is 0. The lowest BCUT2D eigenvalue weighted by atomic mass is 10.0. The molecule has 0 spiro atoms. The third-order valence-electron chi connectivity index (χ3n) is 4.11. The zero-order valence-corrected chi connectivity index (χ0v) is 16.2. The van der Waals surface area contributed by atoms with Crippen molar-refractivity contribution in [3.63, 3.8) is 0 Å². The minimum Gasteiger partial charge on any atom is -0.452 e. The van der Waals surface area contributed by atoms with Crippen molar-refractivity contribution in [2.75, 3.05) is 25.5 Å². The van der Waals surface area contributed by atoms with Gasteiger partial charge in [0.2, 0.25) is 5.91 Å². The number of ether oxygens (including phenoxy) is 1. The van der Waals surface area contributed by atoms with Crippen LogP contribution in [0.3, 0.4) is 0 Å². The summed E-state index contributed by atoms with van der Waals surface area (Å²) in [6, 6.07) is 12.1. The molecule has 0 fully saturated rings. The molecule has 0 aliphatic rings. The van der Waals surface area contributed by atoms with Gasteiger partial charge in [-0.25, -0.2) is 4.79 Å². The van der Waals surface area contributed by atoms with Gasteiger partial charge in [-0.3, -0.25) is 9.59 Å². The van der Waals surface area contributed by atoms with Crippen molar-refractivity contribution in [1.82, 2.24) is 4.90 Å². The Kier molecular flexibility index (Phi) is 6.96. The molecule has 0 radical (unpaired) electrons. The van der Waals surface area contributed by atoms with Crippen molar-refractivity contribution in [1.29, 1.82) is 0 Å². The van der Waals surface area contributed by atoms with Gasteiger partial charge in [0.1, 0.15) is 0 Å². The highest BCUT2D eigenvalue weighted by molar-refractivity contribution is 6.33. The highest BCUT2D eigenvalue weighted by Crippen LogP contribution is 2.20. The van der Waals surface area contributed by atoms with Crippen LogP contribution in [0.15, 0.2) is 42.5 Å². The van der Waals surface area contributed by atoms with E-state index in [2.05, 4.69) is 5.32 Å². The Morgan fingerprint density at radius 2 is 1.78 bits per heavy atom. The number of carbonyl (C=O) groups is 3. The molecule has 2 rings (SSSR count). The molecule has 0 aliphatic carbocycles. The van der Waals surface area contributed by atoms with E-state index in [0.29, 0.717) is 16.3 Å². The molecule has 0 aliphatic heterocycles. The average molecular weight is 389 g/mol. The van der Waals surface area contributed by atoms with E-state index < -0.39 is 24.4 Å². The zero-order chi connectivity index (χ0) is 20.0. The van der Waals surface area contributed by atoms with Crippen molar-refractivity contribution in [2.45, 2.75) is 13.8 Å². The second-order valence-electron chi connectivity index (χ2n) is 6.10. The second-order valence-corrected chi connectivity index (χ2v) is 6.51. The van der Waals surface area contributed by atoms with Crippen LogP contribution in [0.1, 0.15) is 21.5 Å².